The van der Waals surface area contributed by atoms with Crippen LogP contribution < -0.4 is 15.9 Å². The maximum Gasteiger partial charge on any atom is 0.334 e. The number of hydrogen-bond acceptors (Lipinski definition) is 2. The van der Waals surface area contributed by atoms with Gasteiger partial charge in [0, 0.05) is 22.3 Å². The van der Waals surface area contributed by atoms with Crippen LogP contribution in [0.15, 0.2) is 158 Å². The molecule has 0 spiro atoms. The Morgan fingerprint density at radius 3 is 1.29 bits per heavy atom. The van der Waals surface area contributed by atoms with Crippen LogP contribution >= 0.6 is 7.92 Å². The molecule has 0 aromatic heterocycles. The van der Waals surface area contributed by atoms with E-state index in [4.69, 9.17) is 4.74 Å². The van der Waals surface area contributed by atoms with Crippen molar-refractivity contribution >= 4 is 29.8 Å². The van der Waals surface area contributed by atoms with Gasteiger partial charge in [-0.2, -0.15) is 0 Å². The first-order chi connectivity index (χ1) is 18.6. The molecular weight excluding hydrogens is 483 g/mol. The van der Waals surface area contributed by atoms with Crippen molar-refractivity contribution in [3.05, 3.63) is 174 Å². The van der Waals surface area contributed by atoms with Crippen molar-refractivity contribution in [3.63, 3.8) is 0 Å². The van der Waals surface area contributed by atoms with E-state index in [-0.39, 0.29) is 0 Å². The molecule has 0 fully saturated rings. The normalized spacial score (nSPS) is 11.2. The minimum absolute atomic E-state index is 0.356. The van der Waals surface area contributed by atoms with Gasteiger partial charge in [-0.1, -0.05) is 152 Å². The summed E-state index contributed by atoms with van der Waals surface area (Å²) in [6, 6.07) is 49.7. The predicted molar refractivity (Wildman–Crippen MR) is 159 cm³/mol. The van der Waals surface area contributed by atoms with E-state index in [1.807, 2.05) is 60.7 Å². The third kappa shape index (κ3) is 5.09. The van der Waals surface area contributed by atoms with Crippen LogP contribution in [0.5, 0.6) is 0 Å². The second kappa shape index (κ2) is 11.4. The van der Waals surface area contributed by atoms with E-state index in [1.54, 1.807) is 6.92 Å². The maximum atomic E-state index is 13.1. The summed E-state index contributed by atoms with van der Waals surface area (Å²) < 4.78 is 6.39. The molecule has 0 radical (unpaired) electrons. The second-order valence-electron chi connectivity index (χ2n) is 9.14. The summed E-state index contributed by atoms with van der Waals surface area (Å²) in [5.74, 6) is -0.433. The Morgan fingerprint density at radius 2 is 0.895 bits per heavy atom. The number of benzene rings is 5. The van der Waals surface area contributed by atoms with E-state index >= 15 is 0 Å². The van der Waals surface area contributed by atoms with Crippen LogP contribution in [-0.2, 0) is 15.1 Å². The Kier molecular flexibility index (Phi) is 7.63. The van der Waals surface area contributed by atoms with Crippen LogP contribution in [-0.4, -0.2) is 5.97 Å². The van der Waals surface area contributed by atoms with E-state index in [0.29, 0.717) is 5.57 Å². The van der Waals surface area contributed by atoms with Gasteiger partial charge >= 0.3 is 5.97 Å². The molecule has 0 aliphatic carbocycles. The van der Waals surface area contributed by atoms with Crippen LogP contribution in [0, 0.1) is 0 Å². The highest BCUT2D eigenvalue weighted by atomic mass is 31.1. The number of carbonyl (C=O) groups excluding carboxylic acids is 1. The van der Waals surface area contributed by atoms with Gasteiger partial charge in [0.05, 0.1) is 0 Å². The molecule has 0 bridgehead atoms. The first-order valence-corrected chi connectivity index (χ1v) is 13.9. The van der Waals surface area contributed by atoms with E-state index in [9.17, 15) is 4.79 Å². The molecular formula is C35H29O2P. The number of hydrogen-bond donors (Lipinski definition) is 0. The smallest absolute Gasteiger partial charge is 0.334 e. The SMILES string of the molecule is C=C(C)C(=O)OC(c1ccccc1)(c1ccccc1)c1ccc(P(c2ccccc2)c2ccccc2)cc1. The van der Waals surface area contributed by atoms with Gasteiger partial charge in [0.25, 0.3) is 0 Å². The molecule has 5 aromatic rings. The van der Waals surface area contributed by atoms with Crippen LogP contribution in [0.4, 0.5) is 0 Å². The third-order valence-corrected chi connectivity index (χ3v) is 8.96. The molecule has 3 heteroatoms. The molecule has 0 amide bonds. The molecule has 0 N–H and O–H groups in total. The Labute approximate surface area is 226 Å². The third-order valence-electron chi connectivity index (χ3n) is 6.52. The van der Waals surface area contributed by atoms with E-state index in [0.717, 1.165) is 16.7 Å². The van der Waals surface area contributed by atoms with E-state index in [2.05, 4.69) is 91.5 Å². The maximum absolute atomic E-state index is 13.1. The van der Waals surface area contributed by atoms with E-state index in [1.165, 1.54) is 15.9 Å². The summed E-state index contributed by atoms with van der Waals surface area (Å²) in [5.41, 5.74) is 1.86. The average molecular weight is 513 g/mol. The standard InChI is InChI=1S/C35H29O2P/c1-27(2)34(36)37-35(28-15-7-3-8-16-28,29-17-9-4-10-18-29)30-23-25-33(26-24-30)38(31-19-11-5-12-20-31)32-21-13-6-14-22-32/h3-26H,1H2,2H3. The zero-order chi connectivity index (χ0) is 26.4. The zero-order valence-corrected chi connectivity index (χ0v) is 22.2. The van der Waals surface area contributed by atoms with Crippen molar-refractivity contribution in [2.24, 2.45) is 0 Å². The summed E-state index contributed by atoms with van der Waals surface area (Å²) in [7, 11) is -0.752. The Morgan fingerprint density at radius 1 is 0.553 bits per heavy atom. The van der Waals surface area contributed by atoms with Crippen LogP contribution in [0.25, 0.3) is 0 Å². The average Bonchev–Trinajstić information content (AvgIpc) is 2.98. The molecule has 0 saturated carbocycles. The monoisotopic (exact) mass is 512 g/mol. The minimum atomic E-state index is -1.13. The van der Waals surface area contributed by atoms with Crippen molar-refractivity contribution in [3.8, 4) is 0 Å². The predicted octanol–water partition coefficient (Wildman–Crippen LogP) is 6.86. The van der Waals surface area contributed by atoms with Gasteiger partial charge in [0.2, 0.25) is 0 Å². The Balaban J connectivity index is 1.69. The lowest BCUT2D eigenvalue weighted by molar-refractivity contribution is -0.148. The van der Waals surface area contributed by atoms with Gasteiger partial charge < -0.3 is 4.74 Å². The first-order valence-electron chi connectivity index (χ1n) is 12.6. The summed E-state index contributed by atoms with van der Waals surface area (Å²) in [4.78, 5) is 13.1. The van der Waals surface area contributed by atoms with Gasteiger partial charge in [-0.15, -0.1) is 0 Å². The zero-order valence-electron chi connectivity index (χ0n) is 21.3. The quantitative estimate of drug-likeness (QED) is 0.0983. The largest absolute Gasteiger partial charge is 0.441 e. The summed E-state index contributed by atoms with van der Waals surface area (Å²) >= 11 is 0. The van der Waals surface area contributed by atoms with Crippen molar-refractivity contribution in [2.75, 3.05) is 0 Å². The molecule has 0 aliphatic heterocycles. The Bertz CT molecular complexity index is 1420. The second-order valence-corrected chi connectivity index (χ2v) is 11.4. The lowest BCUT2D eigenvalue weighted by atomic mass is 9.80. The first kappa shape index (κ1) is 25.4. The van der Waals surface area contributed by atoms with E-state index < -0.39 is 19.5 Å². The van der Waals surface area contributed by atoms with Crippen molar-refractivity contribution in [1.82, 2.24) is 0 Å². The molecule has 0 atom stereocenters. The van der Waals surface area contributed by atoms with Gasteiger partial charge in [-0.05, 0) is 30.8 Å². The Hall–Kier alpha value is -4.26. The topological polar surface area (TPSA) is 26.3 Å². The van der Waals surface area contributed by atoms with Crippen molar-refractivity contribution in [1.29, 1.82) is 0 Å². The molecule has 186 valence electrons. The number of esters is 1. The summed E-state index contributed by atoms with van der Waals surface area (Å²) in [6.07, 6.45) is 0. The summed E-state index contributed by atoms with van der Waals surface area (Å²) in [5, 5.41) is 3.79. The molecule has 5 aromatic carbocycles. The number of rotatable bonds is 8. The minimum Gasteiger partial charge on any atom is -0.441 e. The van der Waals surface area contributed by atoms with Crippen LogP contribution in [0.2, 0.25) is 0 Å². The molecule has 0 heterocycles. The van der Waals surface area contributed by atoms with Gasteiger partial charge in [-0.25, -0.2) is 4.79 Å². The highest BCUT2D eigenvalue weighted by Crippen LogP contribution is 2.42. The fourth-order valence-electron chi connectivity index (χ4n) is 4.70. The fourth-order valence-corrected chi connectivity index (χ4v) is 6.98. The number of carbonyl (C=O) groups is 1. The molecule has 0 saturated heterocycles. The van der Waals surface area contributed by atoms with Gasteiger partial charge in [0.15, 0.2) is 5.60 Å². The summed E-state index contributed by atoms with van der Waals surface area (Å²) in [6.45, 7) is 5.53. The van der Waals surface area contributed by atoms with Crippen molar-refractivity contribution in [2.45, 2.75) is 12.5 Å². The van der Waals surface area contributed by atoms with Gasteiger partial charge in [0.1, 0.15) is 0 Å². The van der Waals surface area contributed by atoms with Crippen LogP contribution in [0.3, 0.4) is 0 Å². The highest BCUT2D eigenvalue weighted by molar-refractivity contribution is 7.79. The van der Waals surface area contributed by atoms with Crippen molar-refractivity contribution < 1.29 is 9.53 Å². The molecule has 0 aliphatic rings. The van der Waals surface area contributed by atoms with Gasteiger partial charge in [-0.3, -0.25) is 0 Å². The lowest BCUT2D eigenvalue weighted by Gasteiger charge is -2.35. The molecule has 2 nitrogen and oxygen atoms in total. The lowest BCUT2D eigenvalue weighted by Crippen LogP contribution is -2.36. The highest BCUT2D eigenvalue weighted by Gasteiger charge is 2.40. The van der Waals surface area contributed by atoms with Crippen LogP contribution in [0.1, 0.15) is 23.6 Å². The molecule has 0 unspecified atom stereocenters. The molecule has 5 rings (SSSR count). The fraction of sp³-hybridized carbons (Fsp3) is 0.0571. The number of ether oxygens (including phenoxy) is 1. The molecule has 38 heavy (non-hydrogen) atoms.